The zero-order chi connectivity index (χ0) is 25.1. The van der Waals surface area contributed by atoms with Crippen molar-refractivity contribution in [3.63, 3.8) is 0 Å². The fraction of sp³-hybridized carbons (Fsp3) is 0.750. The Morgan fingerprint density at radius 3 is 2.45 bits per heavy atom. The Morgan fingerprint density at radius 2 is 1.76 bits per heavy atom. The fourth-order valence-corrected chi connectivity index (χ4v) is 8.16. The summed E-state index contributed by atoms with van der Waals surface area (Å²) >= 11 is 1.50. The molecule has 4 unspecified atom stereocenters. The Kier molecular flexibility index (Phi) is 11.8. The van der Waals surface area contributed by atoms with E-state index in [0.717, 1.165) is 50.2 Å². The van der Waals surface area contributed by atoms with E-state index < -0.39 is 0 Å². The van der Waals surface area contributed by atoms with Crippen molar-refractivity contribution in [3.8, 4) is 0 Å². The Bertz CT molecular complexity index is 923. The highest BCUT2D eigenvalue weighted by Crippen LogP contribution is 2.44. The van der Waals surface area contributed by atoms with Crippen LogP contribution in [0.3, 0.4) is 0 Å². The van der Waals surface area contributed by atoms with Gasteiger partial charge in [0.1, 0.15) is 0 Å². The molecule has 4 aliphatic heterocycles. The van der Waals surface area contributed by atoms with Crippen LogP contribution >= 0.6 is 36.2 Å². The van der Waals surface area contributed by atoms with Gasteiger partial charge in [-0.15, -0.1) is 36.2 Å². The van der Waals surface area contributed by atoms with Crippen molar-refractivity contribution in [2.75, 3.05) is 39.8 Å². The van der Waals surface area contributed by atoms with E-state index in [9.17, 15) is 14.4 Å². The average molecular weight is 589 g/mol. The van der Waals surface area contributed by atoms with Crippen LogP contribution in [-0.4, -0.2) is 84.4 Å². The zero-order valence-corrected chi connectivity index (χ0v) is 24.9. The number of rotatable bonds is 7. The molecule has 0 saturated carbocycles. The molecule has 4 aliphatic rings. The lowest BCUT2D eigenvalue weighted by atomic mass is 9.69. The van der Waals surface area contributed by atoms with Gasteiger partial charge in [0.25, 0.3) is 5.91 Å². The summed E-state index contributed by atoms with van der Waals surface area (Å²) in [4.78, 5) is 46.0. The summed E-state index contributed by atoms with van der Waals surface area (Å²) in [7, 11) is 1.45. The summed E-state index contributed by atoms with van der Waals surface area (Å²) < 4.78 is 4.88. The smallest absolute Gasteiger partial charge is 0.305 e. The highest BCUT2D eigenvalue weighted by atomic mass is 35.5. The van der Waals surface area contributed by atoms with Gasteiger partial charge in [0.15, 0.2) is 0 Å². The van der Waals surface area contributed by atoms with Crippen molar-refractivity contribution in [2.45, 2.75) is 76.3 Å². The molecule has 0 N–H and O–H groups in total. The lowest BCUT2D eigenvalue weighted by Crippen LogP contribution is -2.65. The van der Waals surface area contributed by atoms with E-state index in [-0.39, 0.29) is 42.7 Å². The quantitative estimate of drug-likeness (QED) is 0.425. The van der Waals surface area contributed by atoms with Gasteiger partial charge < -0.3 is 14.5 Å². The number of hydrogen-bond acceptors (Lipinski definition) is 6. The molecule has 0 radical (unpaired) electrons. The first-order chi connectivity index (χ1) is 17.5. The fourth-order valence-electron chi connectivity index (χ4n) is 7.47. The maximum atomic E-state index is 13.8. The largest absolute Gasteiger partial charge is 0.469 e. The van der Waals surface area contributed by atoms with Gasteiger partial charge in [0.2, 0.25) is 5.91 Å². The Labute approximate surface area is 243 Å². The summed E-state index contributed by atoms with van der Waals surface area (Å²) in [5.74, 6) is 1.70. The number of nitrogens with zero attached hydrogens (tertiary/aromatic N) is 3. The van der Waals surface area contributed by atoms with Gasteiger partial charge in [0, 0.05) is 44.6 Å². The minimum Gasteiger partial charge on any atom is -0.469 e. The molecule has 0 bridgehead atoms. The van der Waals surface area contributed by atoms with Gasteiger partial charge in [0.05, 0.1) is 12.0 Å². The van der Waals surface area contributed by atoms with E-state index in [2.05, 4.69) is 9.80 Å². The van der Waals surface area contributed by atoms with Crippen molar-refractivity contribution >= 4 is 53.9 Å². The van der Waals surface area contributed by atoms with Crippen LogP contribution in [0.4, 0.5) is 0 Å². The van der Waals surface area contributed by atoms with Crippen LogP contribution in [0.2, 0.25) is 0 Å². The number of piperidine rings is 4. The monoisotopic (exact) mass is 587 g/mol. The topological polar surface area (TPSA) is 70.2 Å². The van der Waals surface area contributed by atoms with Gasteiger partial charge in [-0.3, -0.25) is 19.3 Å². The molecular formula is C28H43Cl2N3O4S. The molecule has 0 spiro atoms. The number of methoxy groups -OCH3 is 1. The number of likely N-dealkylation sites (tertiary alicyclic amines) is 2. The van der Waals surface area contributed by atoms with Crippen LogP contribution in [-0.2, 0) is 14.3 Å². The van der Waals surface area contributed by atoms with Gasteiger partial charge in [-0.05, 0) is 93.7 Å². The van der Waals surface area contributed by atoms with E-state index in [0.29, 0.717) is 42.5 Å². The molecule has 4 saturated heterocycles. The molecule has 0 aromatic carbocycles. The zero-order valence-electron chi connectivity index (χ0n) is 22.4. The molecule has 38 heavy (non-hydrogen) atoms. The highest BCUT2D eigenvalue weighted by molar-refractivity contribution is 7.12. The molecule has 4 atom stereocenters. The summed E-state index contributed by atoms with van der Waals surface area (Å²) in [5, 5.41) is 1.95. The van der Waals surface area contributed by atoms with Gasteiger partial charge in [-0.2, -0.15) is 0 Å². The molecule has 1 aromatic rings. The third-order valence-corrected chi connectivity index (χ3v) is 10.1. The number of ether oxygens (including phenoxy) is 1. The van der Waals surface area contributed by atoms with Crippen molar-refractivity contribution in [2.24, 2.45) is 17.8 Å². The second kappa shape index (κ2) is 14.3. The lowest BCUT2D eigenvalue weighted by molar-refractivity contribution is -0.148. The Hall–Kier alpha value is -1.35. The second-order valence-corrected chi connectivity index (χ2v) is 12.2. The molecule has 0 aliphatic carbocycles. The van der Waals surface area contributed by atoms with Crippen LogP contribution in [0.1, 0.15) is 73.9 Å². The first kappa shape index (κ1) is 31.2. The Morgan fingerprint density at radius 1 is 1.03 bits per heavy atom. The van der Waals surface area contributed by atoms with Crippen LogP contribution < -0.4 is 0 Å². The molecule has 5 rings (SSSR count). The highest BCUT2D eigenvalue weighted by Gasteiger charge is 2.49. The van der Waals surface area contributed by atoms with Crippen LogP contribution in [0.15, 0.2) is 17.5 Å². The van der Waals surface area contributed by atoms with Gasteiger partial charge in [-0.1, -0.05) is 6.07 Å². The normalized spacial score (nSPS) is 27.5. The van der Waals surface area contributed by atoms with E-state index in [1.165, 1.54) is 57.2 Å². The van der Waals surface area contributed by atoms with Crippen molar-refractivity contribution in [1.29, 1.82) is 0 Å². The first-order valence-corrected chi connectivity index (χ1v) is 14.9. The Balaban J connectivity index is 0.00000200. The van der Waals surface area contributed by atoms with E-state index >= 15 is 0 Å². The molecule has 214 valence electrons. The molecule has 2 amide bonds. The van der Waals surface area contributed by atoms with Gasteiger partial charge in [-0.25, -0.2) is 0 Å². The minimum absolute atomic E-state index is 0. The number of thiophene rings is 1. The predicted molar refractivity (Wildman–Crippen MR) is 154 cm³/mol. The number of esters is 1. The molecule has 4 fully saturated rings. The van der Waals surface area contributed by atoms with Crippen LogP contribution in [0.25, 0.3) is 0 Å². The molecular weight excluding hydrogens is 545 g/mol. The van der Waals surface area contributed by atoms with Crippen LogP contribution in [0, 0.1) is 17.8 Å². The SMILES string of the molecule is COC(=O)CCCC1C2CCCN3CCCC(CN1C(=O)CC1CCN(C(=O)c4cccs4)CC1)C23.Cl.Cl. The third kappa shape index (κ3) is 6.86. The maximum Gasteiger partial charge on any atom is 0.305 e. The van der Waals surface area contributed by atoms with Crippen molar-refractivity contribution in [3.05, 3.63) is 22.4 Å². The number of carbonyl (C=O) groups is 3. The summed E-state index contributed by atoms with van der Waals surface area (Å²) in [6.45, 7) is 4.74. The van der Waals surface area contributed by atoms with Crippen LogP contribution in [0.5, 0.6) is 0 Å². The summed E-state index contributed by atoms with van der Waals surface area (Å²) in [5.41, 5.74) is 0. The molecule has 5 heterocycles. The maximum absolute atomic E-state index is 13.8. The van der Waals surface area contributed by atoms with Gasteiger partial charge >= 0.3 is 5.97 Å². The van der Waals surface area contributed by atoms with E-state index in [1.54, 1.807) is 0 Å². The number of amides is 2. The minimum atomic E-state index is -0.159. The molecule has 7 nitrogen and oxygen atoms in total. The summed E-state index contributed by atoms with van der Waals surface area (Å²) in [6.07, 6.45) is 9.32. The molecule has 1 aromatic heterocycles. The number of hydrogen-bond donors (Lipinski definition) is 0. The summed E-state index contributed by atoms with van der Waals surface area (Å²) in [6, 6.07) is 4.65. The van der Waals surface area contributed by atoms with E-state index in [1.807, 2.05) is 22.4 Å². The second-order valence-electron chi connectivity index (χ2n) is 11.2. The van der Waals surface area contributed by atoms with Crippen molar-refractivity contribution in [1.82, 2.24) is 14.7 Å². The van der Waals surface area contributed by atoms with Crippen molar-refractivity contribution < 1.29 is 19.1 Å². The number of halogens is 2. The lowest BCUT2D eigenvalue weighted by Gasteiger charge is -2.57. The van der Waals surface area contributed by atoms with E-state index in [4.69, 9.17) is 4.74 Å². The average Bonchev–Trinajstić information content (AvgIpc) is 3.45. The number of carbonyl (C=O) groups excluding carboxylic acids is 3. The molecule has 10 heteroatoms. The predicted octanol–water partition coefficient (Wildman–Crippen LogP) is 4.88. The standard InChI is InChI=1S/C28H41N3O4S.2ClH/c1-35-26(33)10-2-8-23-22-7-4-14-29-13-3-6-21(27(22)29)19-31(23)25(32)18-20-11-15-30(16-12-20)28(34)24-9-5-17-36-24;;/h5,9,17,20-23,27H,2-4,6-8,10-16,18-19H2,1H3;2*1H. The first-order valence-electron chi connectivity index (χ1n) is 14.0. The third-order valence-electron chi connectivity index (χ3n) is 9.20.